The Labute approximate surface area is 177 Å². The molecule has 8 nitrogen and oxygen atoms in total. The molecule has 0 bridgehead atoms. The molecule has 0 amide bonds. The molecule has 0 fully saturated rings. The Morgan fingerprint density at radius 2 is 1.52 bits per heavy atom. The smallest absolute Gasteiger partial charge is 0.251 e. The number of benzene rings is 2. The first-order chi connectivity index (χ1) is 15.2. The Kier molecular flexibility index (Phi) is 4.64. The van der Waals surface area contributed by atoms with Crippen LogP contribution in [0.4, 0.5) is 0 Å². The zero-order valence-electron chi connectivity index (χ0n) is 16.7. The van der Waals surface area contributed by atoms with Crippen molar-refractivity contribution in [2.45, 2.75) is 0 Å². The summed E-state index contributed by atoms with van der Waals surface area (Å²) in [6.07, 6.45) is 6.83. The van der Waals surface area contributed by atoms with Gasteiger partial charge in [-0.3, -0.25) is 4.79 Å². The van der Waals surface area contributed by atoms with Crippen molar-refractivity contribution in [1.29, 1.82) is 0 Å². The van der Waals surface area contributed by atoms with Crippen molar-refractivity contribution in [3.8, 4) is 34.2 Å². The Bertz CT molecular complexity index is 1370. The van der Waals surface area contributed by atoms with Gasteiger partial charge in [-0.05, 0) is 48.5 Å². The highest BCUT2D eigenvalue weighted by molar-refractivity contribution is 5.59. The van der Waals surface area contributed by atoms with Gasteiger partial charge in [0.2, 0.25) is 0 Å². The maximum absolute atomic E-state index is 13.0. The van der Waals surface area contributed by atoms with Crippen molar-refractivity contribution in [3.05, 3.63) is 102 Å². The van der Waals surface area contributed by atoms with Crippen molar-refractivity contribution in [3.63, 3.8) is 0 Å². The number of rotatable bonds is 5. The van der Waals surface area contributed by atoms with Crippen LogP contribution in [-0.4, -0.2) is 36.5 Å². The van der Waals surface area contributed by atoms with Crippen LogP contribution in [0.25, 0.3) is 28.5 Å². The maximum atomic E-state index is 13.0. The van der Waals surface area contributed by atoms with E-state index in [9.17, 15) is 4.79 Å². The van der Waals surface area contributed by atoms with Crippen LogP contribution in [-0.2, 0) is 0 Å². The standard InChI is InChI=1S/C23H18N6O2/c1-31-21-16-28(18-10-8-17(9-11-18)27-15-5-13-24-27)26-22(23(21)30)20-12-14-25-29(20)19-6-3-2-4-7-19/h2-16H,1H3. The van der Waals surface area contributed by atoms with Gasteiger partial charge in [0.05, 0.1) is 42.3 Å². The summed E-state index contributed by atoms with van der Waals surface area (Å²) in [6, 6.07) is 20.9. The van der Waals surface area contributed by atoms with Gasteiger partial charge in [-0.2, -0.15) is 15.3 Å². The summed E-state index contributed by atoms with van der Waals surface area (Å²) in [7, 11) is 1.47. The van der Waals surface area contributed by atoms with E-state index in [-0.39, 0.29) is 16.9 Å². The van der Waals surface area contributed by atoms with E-state index in [1.54, 1.807) is 38.7 Å². The highest BCUT2D eigenvalue weighted by atomic mass is 16.5. The minimum absolute atomic E-state index is 0.196. The normalized spacial score (nSPS) is 10.9. The summed E-state index contributed by atoms with van der Waals surface area (Å²) >= 11 is 0. The third-order valence-electron chi connectivity index (χ3n) is 4.88. The number of hydrogen-bond acceptors (Lipinski definition) is 5. The molecule has 0 N–H and O–H groups in total. The summed E-state index contributed by atoms with van der Waals surface area (Å²) in [4.78, 5) is 13.0. The summed E-state index contributed by atoms with van der Waals surface area (Å²) in [5, 5.41) is 13.2. The lowest BCUT2D eigenvalue weighted by atomic mass is 10.2. The Balaban J connectivity index is 1.62. The van der Waals surface area contributed by atoms with E-state index < -0.39 is 0 Å². The molecule has 0 radical (unpaired) electrons. The van der Waals surface area contributed by atoms with E-state index in [2.05, 4.69) is 15.3 Å². The van der Waals surface area contributed by atoms with E-state index in [0.717, 1.165) is 17.1 Å². The van der Waals surface area contributed by atoms with Crippen molar-refractivity contribution < 1.29 is 4.74 Å². The van der Waals surface area contributed by atoms with Crippen LogP contribution in [0.5, 0.6) is 5.75 Å². The second kappa shape index (κ2) is 7.75. The van der Waals surface area contributed by atoms with Crippen LogP contribution in [0.15, 0.2) is 96.3 Å². The van der Waals surface area contributed by atoms with Gasteiger partial charge in [0.1, 0.15) is 0 Å². The average molecular weight is 410 g/mol. The topological polar surface area (TPSA) is 79.8 Å². The fourth-order valence-corrected chi connectivity index (χ4v) is 3.35. The van der Waals surface area contributed by atoms with E-state index >= 15 is 0 Å². The molecule has 152 valence electrons. The van der Waals surface area contributed by atoms with Crippen LogP contribution >= 0.6 is 0 Å². The monoisotopic (exact) mass is 410 g/mol. The number of hydrogen-bond donors (Lipinski definition) is 0. The van der Waals surface area contributed by atoms with Crippen LogP contribution in [0.3, 0.4) is 0 Å². The lowest BCUT2D eigenvalue weighted by Crippen LogP contribution is -2.17. The van der Waals surface area contributed by atoms with Crippen molar-refractivity contribution in [1.82, 2.24) is 29.3 Å². The minimum atomic E-state index is -0.301. The molecule has 2 aromatic carbocycles. The summed E-state index contributed by atoms with van der Waals surface area (Å²) in [5.41, 5.74) is 3.06. The third-order valence-corrected chi connectivity index (χ3v) is 4.88. The number of para-hydroxylation sites is 1. The summed E-state index contributed by atoms with van der Waals surface area (Å²) in [5.74, 6) is 0.196. The van der Waals surface area contributed by atoms with E-state index in [0.29, 0.717) is 5.69 Å². The van der Waals surface area contributed by atoms with Gasteiger partial charge < -0.3 is 4.74 Å². The lowest BCUT2D eigenvalue weighted by Gasteiger charge is -2.12. The zero-order chi connectivity index (χ0) is 21.2. The third kappa shape index (κ3) is 3.40. The second-order valence-electron chi connectivity index (χ2n) is 6.75. The molecule has 0 unspecified atom stereocenters. The SMILES string of the molecule is COc1cn(-c2ccc(-n3cccn3)cc2)nc(-c2ccnn2-c2ccccc2)c1=O. The Hall–Kier alpha value is -4.46. The van der Waals surface area contributed by atoms with E-state index in [1.165, 1.54) is 7.11 Å². The molecular weight excluding hydrogens is 392 g/mol. The highest BCUT2D eigenvalue weighted by Crippen LogP contribution is 2.21. The molecule has 3 heterocycles. The lowest BCUT2D eigenvalue weighted by molar-refractivity contribution is 0.405. The summed E-state index contributed by atoms with van der Waals surface area (Å²) in [6.45, 7) is 0. The summed E-state index contributed by atoms with van der Waals surface area (Å²) < 4.78 is 10.4. The molecule has 0 saturated heterocycles. The maximum Gasteiger partial charge on any atom is 0.251 e. The number of nitrogens with zero attached hydrogens (tertiary/aromatic N) is 6. The number of aromatic nitrogens is 6. The van der Waals surface area contributed by atoms with Gasteiger partial charge in [-0.25, -0.2) is 14.0 Å². The predicted octanol–water partition coefficient (Wildman–Crippen LogP) is 3.28. The minimum Gasteiger partial charge on any atom is -0.491 e. The predicted molar refractivity (Wildman–Crippen MR) is 116 cm³/mol. The van der Waals surface area contributed by atoms with Crippen molar-refractivity contribution in [2.75, 3.05) is 7.11 Å². The quantitative estimate of drug-likeness (QED) is 0.444. The first-order valence-corrected chi connectivity index (χ1v) is 9.63. The fraction of sp³-hybridized carbons (Fsp3) is 0.0435. The fourth-order valence-electron chi connectivity index (χ4n) is 3.35. The second-order valence-corrected chi connectivity index (χ2v) is 6.75. The first kappa shape index (κ1) is 18.6. The van der Waals surface area contributed by atoms with Gasteiger partial charge in [0.15, 0.2) is 11.4 Å². The molecule has 0 aliphatic carbocycles. The van der Waals surface area contributed by atoms with Crippen LogP contribution < -0.4 is 10.2 Å². The molecule has 5 aromatic rings. The molecule has 8 heteroatoms. The number of methoxy groups -OCH3 is 1. The molecule has 0 aliphatic rings. The Morgan fingerprint density at radius 1 is 0.774 bits per heavy atom. The van der Waals surface area contributed by atoms with Crippen LogP contribution in [0, 0.1) is 0 Å². The highest BCUT2D eigenvalue weighted by Gasteiger charge is 2.17. The van der Waals surface area contributed by atoms with Crippen molar-refractivity contribution in [2.24, 2.45) is 0 Å². The first-order valence-electron chi connectivity index (χ1n) is 9.63. The molecule has 31 heavy (non-hydrogen) atoms. The number of ether oxygens (including phenoxy) is 1. The molecule has 5 rings (SSSR count). The molecule has 0 spiro atoms. The zero-order valence-corrected chi connectivity index (χ0v) is 16.7. The molecule has 3 aromatic heterocycles. The van der Waals surface area contributed by atoms with Gasteiger partial charge >= 0.3 is 0 Å². The van der Waals surface area contributed by atoms with Gasteiger partial charge in [0.25, 0.3) is 5.43 Å². The van der Waals surface area contributed by atoms with Gasteiger partial charge in [-0.1, -0.05) is 18.2 Å². The molecular formula is C23H18N6O2. The van der Waals surface area contributed by atoms with E-state index in [1.807, 2.05) is 66.9 Å². The Morgan fingerprint density at radius 3 is 2.19 bits per heavy atom. The van der Waals surface area contributed by atoms with Gasteiger partial charge in [-0.15, -0.1) is 0 Å². The average Bonchev–Trinajstić information content (AvgIpc) is 3.53. The molecule has 0 saturated carbocycles. The van der Waals surface area contributed by atoms with Crippen LogP contribution in [0.2, 0.25) is 0 Å². The largest absolute Gasteiger partial charge is 0.491 e. The molecule has 0 atom stereocenters. The van der Waals surface area contributed by atoms with E-state index in [4.69, 9.17) is 4.74 Å². The van der Waals surface area contributed by atoms with Crippen molar-refractivity contribution >= 4 is 0 Å². The van der Waals surface area contributed by atoms with Gasteiger partial charge in [0, 0.05) is 12.4 Å². The van der Waals surface area contributed by atoms with Crippen LogP contribution in [0.1, 0.15) is 0 Å². The molecule has 0 aliphatic heterocycles.